The van der Waals surface area contributed by atoms with Gasteiger partial charge in [-0.05, 0) is 79.3 Å². The van der Waals surface area contributed by atoms with E-state index in [0.29, 0.717) is 12.1 Å². The summed E-state index contributed by atoms with van der Waals surface area (Å²) in [5, 5.41) is 16.7. The van der Waals surface area contributed by atoms with Crippen LogP contribution in [-0.2, 0) is 13.3 Å². The van der Waals surface area contributed by atoms with E-state index >= 15 is 0 Å². The molecule has 45 heavy (non-hydrogen) atoms. The van der Waals surface area contributed by atoms with Crippen molar-refractivity contribution < 1.29 is 27.5 Å². The fourth-order valence-electron chi connectivity index (χ4n) is 5.05. The van der Waals surface area contributed by atoms with E-state index in [1.807, 2.05) is 47.0 Å². The van der Waals surface area contributed by atoms with E-state index in [1.165, 1.54) is 18.2 Å². The number of rotatable bonds is 12. The molecule has 1 saturated heterocycles. The van der Waals surface area contributed by atoms with Crippen molar-refractivity contribution in [3.63, 3.8) is 0 Å². The van der Waals surface area contributed by atoms with E-state index in [1.54, 1.807) is 12.1 Å². The quantitative estimate of drug-likeness (QED) is 0.114. The van der Waals surface area contributed by atoms with Gasteiger partial charge >= 0.3 is 12.1 Å². The highest BCUT2D eigenvalue weighted by Gasteiger charge is 2.41. The molecular formula is C32H42F3N3O4S2Si. The summed E-state index contributed by atoms with van der Waals surface area (Å²) in [7, 11) is -2.18. The highest BCUT2D eigenvalue weighted by atomic mass is 32.2. The molecule has 1 aromatic heterocycles. The number of hydrogen-bond donors (Lipinski definition) is 4. The van der Waals surface area contributed by atoms with Crippen LogP contribution >= 0.6 is 23.5 Å². The Bertz CT molecular complexity index is 1540. The summed E-state index contributed by atoms with van der Waals surface area (Å²) in [5.74, 6) is 0.0250. The lowest BCUT2D eigenvalue weighted by Crippen LogP contribution is -2.43. The molecule has 1 aliphatic heterocycles. The Kier molecular flexibility index (Phi) is 11.1. The lowest BCUT2D eigenvalue weighted by atomic mass is 10.0. The standard InChI is InChI=1S/C32H42F3N3O4S2Si/c1-30(2,3)45(4,5)42-26(23-12-14-25(39)28-24(23)13-15-27(40)38-28)20-36-17-7-6-16-31(43-18-19-44-31)21-8-10-22(11-9-21)37-29(41)32(33,34)35/h8-15,26,36,39H,6-7,16-20H2,1-5H3,(H,37,41)(H,38,40). The third kappa shape index (κ3) is 8.67. The van der Waals surface area contributed by atoms with Gasteiger partial charge in [0, 0.05) is 35.2 Å². The number of halogens is 3. The number of nitrogens with one attached hydrogen (secondary N) is 3. The number of phenols is 1. The maximum atomic E-state index is 12.6. The molecule has 7 nitrogen and oxygen atoms in total. The van der Waals surface area contributed by atoms with Gasteiger partial charge in [-0.15, -0.1) is 23.5 Å². The molecule has 3 aromatic rings. The molecule has 0 saturated carbocycles. The Labute approximate surface area is 271 Å². The number of aromatic nitrogens is 1. The van der Waals surface area contributed by atoms with Crippen LogP contribution in [0, 0.1) is 0 Å². The van der Waals surface area contributed by atoms with Crippen LogP contribution in [-0.4, -0.2) is 55.1 Å². The number of aromatic amines is 1. The summed E-state index contributed by atoms with van der Waals surface area (Å²) < 4.78 is 44.6. The fraction of sp³-hybridized carbons (Fsp3) is 0.500. The fourth-order valence-corrected chi connectivity index (χ4v) is 9.67. The first-order valence-electron chi connectivity index (χ1n) is 15.0. The Balaban J connectivity index is 1.40. The summed E-state index contributed by atoms with van der Waals surface area (Å²) in [6.45, 7) is 12.3. The second-order valence-electron chi connectivity index (χ2n) is 12.8. The number of carbonyl (C=O) groups is 1. The number of amides is 1. The second kappa shape index (κ2) is 14.1. The van der Waals surface area contributed by atoms with E-state index in [0.717, 1.165) is 53.8 Å². The van der Waals surface area contributed by atoms with Gasteiger partial charge in [0.15, 0.2) is 8.32 Å². The zero-order valence-electron chi connectivity index (χ0n) is 26.3. The summed E-state index contributed by atoms with van der Waals surface area (Å²) >= 11 is 3.72. The third-order valence-electron chi connectivity index (χ3n) is 8.53. The maximum absolute atomic E-state index is 12.6. The Morgan fingerprint density at radius 1 is 1.04 bits per heavy atom. The number of benzene rings is 2. The zero-order valence-corrected chi connectivity index (χ0v) is 28.9. The van der Waals surface area contributed by atoms with Crippen LogP contribution in [0.2, 0.25) is 18.1 Å². The van der Waals surface area contributed by atoms with E-state index in [2.05, 4.69) is 44.2 Å². The van der Waals surface area contributed by atoms with Crippen LogP contribution in [0.1, 0.15) is 57.3 Å². The minimum atomic E-state index is -4.93. The van der Waals surface area contributed by atoms with Crippen molar-refractivity contribution in [3.8, 4) is 5.75 Å². The number of carbonyl (C=O) groups excluding carboxylic acids is 1. The molecule has 1 aliphatic rings. The van der Waals surface area contributed by atoms with Crippen LogP contribution in [0.25, 0.3) is 10.9 Å². The molecule has 2 heterocycles. The molecule has 0 bridgehead atoms. The van der Waals surface area contributed by atoms with Crippen molar-refractivity contribution in [2.24, 2.45) is 0 Å². The van der Waals surface area contributed by atoms with Crippen molar-refractivity contribution in [3.05, 3.63) is 70.0 Å². The molecule has 1 amide bonds. The first-order valence-corrected chi connectivity index (χ1v) is 19.9. The second-order valence-corrected chi connectivity index (χ2v) is 20.6. The average molecular weight is 682 g/mol. The number of unbranched alkanes of at least 4 members (excludes halogenated alkanes) is 1. The van der Waals surface area contributed by atoms with Crippen LogP contribution in [0.5, 0.6) is 5.75 Å². The van der Waals surface area contributed by atoms with Crippen LogP contribution in [0.15, 0.2) is 53.3 Å². The number of thioether (sulfide) groups is 2. The Hall–Kier alpha value is -2.45. The molecule has 0 aliphatic carbocycles. The van der Waals surface area contributed by atoms with Gasteiger partial charge < -0.3 is 25.2 Å². The summed E-state index contributed by atoms with van der Waals surface area (Å²) in [5.41, 5.74) is 2.18. The van der Waals surface area contributed by atoms with Crippen molar-refractivity contribution in [2.45, 2.75) is 74.5 Å². The van der Waals surface area contributed by atoms with E-state index in [4.69, 9.17) is 4.43 Å². The van der Waals surface area contributed by atoms with Gasteiger partial charge in [-0.25, -0.2) is 0 Å². The SMILES string of the molecule is CC(C)(C)[Si](C)(C)OC(CNCCCCC1(c2ccc(NC(=O)C(F)(F)F)cc2)SCCS1)c1ccc(O)c2[nH]c(=O)ccc12. The molecule has 4 N–H and O–H groups in total. The molecule has 4 rings (SSSR count). The van der Waals surface area contributed by atoms with Gasteiger partial charge in [-0.2, -0.15) is 13.2 Å². The normalized spacial score (nSPS) is 16.2. The monoisotopic (exact) mass is 681 g/mol. The molecule has 246 valence electrons. The molecule has 0 spiro atoms. The van der Waals surface area contributed by atoms with E-state index in [-0.39, 0.29) is 32.2 Å². The summed E-state index contributed by atoms with van der Waals surface area (Å²) in [6.07, 6.45) is -2.46. The van der Waals surface area contributed by atoms with Crippen molar-refractivity contribution in [2.75, 3.05) is 29.9 Å². The summed E-state index contributed by atoms with van der Waals surface area (Å²) in [4.78, 5) is 26.0. The average Bonchev–Trinajstić information content (AvgIpc) is 3.44. The molecule has 13 heteroatoms. The molecule has 1 fully saturated rings. The van der Waals surface area contributed by atoms with E-state index in [9.17, 15) is 27.9 Å². The van der Waals surface area contributed by atoms with Crippen molar-refractivity contribution in [1.82, 2.24) is 10.3 Å². The summed E-state index contributed by atoms with van der Waals surface area (Å²) in [6, 6.07) is 13.4. The number of pyridine rings is 1. The molecule has 2 aromatic carbocycles. The maximum Gasteiger partial charge on any atom is 0.471 e. The first kappa shape index (κ1) is 35.4. The minimum Gasteiger partial charge on any atom is -0.506 e. The molecule has 1 atom stereocenters. The zero-order chi connectivity index (χ0) is 33.0. The largest absolute Gasteiger partial charge is 0.506 e. The van der Waals surface area contributed by atoms with Gasteiger partial charge in [-0.3, -0.25) is 9.59 Å². The number of alkyl halides is 3. The van der Waals surface area contributed by atoms with Gasteiger partial charge in [0.05, 0.1) is 15.7 Å². The number of H-pyrrole nitrogens is 1. The van der Waals surface area contributed by atoms with Crippen molar-refractivity contribution >= 4 is 54.3 Å². The van der Waals surface area contributed by atoms with Crippen LogP contribution in [0.4, 0.5) is 18.9 Å². The minimum absolute atomic E-state index is 0.0145. The topological polar surface area (TPSA) is 103 Å². The number of anilines is 1. The van der Waals surface area contributed by atoms with Crippen LogP contribution < -0.4 is 16.2 Å². The van der Waals surface area contributed by atoms with Gasteiger partial charge in [0.2, 0.25) is 5.56 Å². The van der Waals surface area contributed by atoms with Gasteiger partial charge in [-0.1, -0.05) is 39.0 Å². The smallest absolute Gasteiger partial charge is 0.471 e. The van der Waals surface area contributed by atoms with Crippen molar-refractivity contribution in [1.29, 1.82) is 0 Å². The van der Waals surface area contributed by atoms with E-state index < -0.39 is 20.4 Å². The number of phenolic OH excluding ortho intramolecular Hbond substituents is 1. The Morgan fingerprint density at radius 3 is 2.33 bits per heavy atom. The molecule has 0 radical (unpaired) electrons. The number of aromatic hydroxyl groups is 1. The lowest BCUT2D eigenvalue weighted by molar-refractivity contribution is -0.167. The highest BCUT2D eigenvalue weighted by Crippen LogP contribution is 2.55. The Morgan fingerprint density at radius 2 is 1.71 bits per heavy atom. The predicted molar refractivity (Wildman–Crippen MR) is 182 cm³/mol. The molecular weight excluding hydrogens is 640 g/mol. The number of hydrogen-bond acceptors (Lipinski definition) is 7. The first-order chi connectivity index (χ1) is 21.0. The number of fused-ring (bicyclic) bond motifs is 1. The highest BCUT2D eigenvalue weighted by molar-refractivity contribution is 8.20. The van der Waals surface area contributed by atoms with Gasteiger partial charge in [0.1, 0.15) is 5.75 Å². The predicted octanol–water partition coefficient (Wildman–Crippen LogP) is 7.89. The lowest BCUT2D eigenvalue weighted by Gasteiger charge is -2.39. The van der Waals surface area contributed by atoms with Crippen LogP contribution in [0.3, 0.4) is 0 Å². The van der Waals surface area contributed by atoms with Gasteiger partial charge in [0.25, 0.3) is 0 Å². The third-order valence-corrected chi connectivity index (χ3v) is 16.6. The molecule has 1 unspecified atom stereocenters.